The van der Waals surface area contributed by atoms with E-state index in [0.717, 1.165) is 0 Å². The van der Waals surface area contributed by atoms with Crippen LogP contribution in [0.2, 0.25) is 5.02 Å². The molecule has 0 bridgehead atoms. The second-order valence-corrected chi connectivity index (χ2v) is 4.59. The number of aryl methyl sites for hydroxylation is 1. The summed E-state index contributed by atoms with van der Waals surface area (Å²) in [5.74, 6) is -1.40. The average molecular weight is 342 g/mol. The summed E-state index contributed by atoms with van der Waals surface area (Å²) in [6.07, 6.45) is -6.31. The highest BCUT2D eigenvalue weighted by molar-refractivity contribution is 6.32. The van der Waals surface area contributed by atoms with Crippen molar-refractivity contribution in [3.63, 3.8) is 0 Å². The van der Waals surface area contributed by atoms with Gasteiger partial charge in [-0.15, -0.1) is 0 Å². The molecular weight excluding hydrogens is 334 g/mol. The van der Waals surface area contributed by atoms with Gasteiger partial charge in [0.15, 0.2) is 5.69 Å². The maximum atomic E-state index is 13.0. The van der Waals surface area contributed by atoms with E-state index in [-0.39, 0.29) is 11.3 Å². The molecule has 120 valence electrons. The molecule has 0 aliphatic heterocycles. The van der Waals surface area contributed by atoms with Crippen molar-refractivity contribution in [1.82, 2.24) is 14.9 Å². The van der Waals surface area contributed by atoms with Crippen molar-refractivity contribution in [3.05, 3.63) is 33.4 Å². The van der Waals surface area contributed by atoms with Gasteiger partial charge in [-0.2, -0.15) is 5.10 Å². The SMILES string of the molecule is Cc1onc(C(=O)O)c1Cn1nc(C(F)F)c(Cl)c1C(F)F. The van der Waals surface area contributed by atoms with Crippen LogP contribution < -0.4 is 0 Å². The van der Waals surface area contributed by atoms with E-state index in [1.165, 1.54) is 6.92 Å². The second kappa shape index (κ2) is 5.95. The first-order valence-corrected chi connectivity index (χ1v) is 6.12. The molecule has 0 atom stereocenters. The third-order valence-electron chi connectivity index (χ3n) is 2.86. The predicted octanol–water partition coefficient (Wildman–Crippen LogP) is 3.45. The molecule has 0 radical (unpaired) electrons. The van der Waals surface area contributed by atoms with E-state index in [4.69, 9.17) is 16.7 Å². The molecule has 0 aliphatic rings. The minimum absolute atomic E-state index is 0.0443. The summed E-state index contributed by atoms with van der Waals surface area (Å²) in [7, 11) is 0. The van der Waals surface area contributed by atoms with Gasteiger partial charge in [-0.25, -0.2) is 22.4 Å². The number of carboxylic acid groups (broad SMARTS) is 1. The molecule has 1 N–H and O–H groups in total. The van der Waals surface area contributed by atoms with Crippen LogP contribution in [0.1, 0.15) is 46.1 Å². The summed E-state index contributed by atoms with van der Waals surface area (Å²) < 4.78 is 56.7. The Labute approximate surface area is 125 Å². The molecule has 2 aromatic heterocycles. The van der Waals surface area contributed by atoms with E-state index < -0.39 is 47.5 Å². The monoisotopic (exact) mass is 341 g/mol. The number of aromatic carboxylic acids is 1. The van der Waals surface area contributed by atoms with Crippen molar-refractivity contribution in [1.29, 1.82) is 0 Å². The predicted molar refractivity (Wildman–Crippen MR) is 64.5 cm³/mol. The van der Waals surface area contributed by atoms with E-state index in [0.29, 0.717) is 4.68 Å². The summed E-state index contributed by atoms with van der Waals surface area (Å²) in [6.45, 7) is 0.818. The van der Waals surface area contributed by atoms with Gasteiger partial charge in [-0.05, 0) is 6.92 Å². The van der Waals surface area contributed by atoms with Gasteiger partial charge in [0, 0.05) is 0 Å². The summed E-state index contributed by atoms with van der Waals surface area (Å²) in [5.41, 5.74) is -2.49. The van der Waals surface area contributed by atoms with Crippen LogP contribution in [0, 0.1) is 6.92 Å². The van der Waals surface area contributed by atoms with Crippen LogP contribution in [0.15, 0.2) is 4.52 Å². The number of hydrogen-bond donors (Lipinski definition) is 1. The van der Waals surface area contributed by atoms with Gasteiger partial charge in [0.2, 0.25) is 0 Å². The average Bonchev–Trinajstić information content (AvgIpc) is 2.91. The van der Waals surface area contributed by atoms with Crippen LogP contribution in [-0.2, 0) is 6.54 Å². The van der Waals surface area contributed by atoms with E-state index >= 15 is 0 Å². The lowest BCUT2D eigenvalue weighted by Crippen LogP contribution is -2.11. The van der Waals surface area contributed by atoms with Crippen LogP contribution in [0.5, 0.6) is 0 Å². The van der Waals surface area contributed by atoms with E-state index in [1.54, 1.807) is 0 Å². The lowest BCUT2D eigenvalue weighted by Gasteiger charge is -2.06. The molecule has 0 saturated carbocycles. The molecule has 2 rings (SSSR count). The van der Waals surface area contributed by atoms with Crippen molar-refractivity contribution in [3.8, 4) is 0 Å². The fraction of sp³-hybridized carbons (Fsp3) is 0.364. The maximum absolute atomic E-state index is 13.0. The minimum atomic E-state index is -3.17. The lowest BCUT2D eigenvalue weighted by molar-refractivity contribution is 0.0684. The molecule has 6 nitrogen and oxygen atoms in total. The fourth-order valence-corrected chi connectivity index (χ4v) is 2.14. The Morgan fingerprint density at radius 3 is 2.50 bits per heavy atom. The molecule has 22 heavy (non-hydrogen) atoms. The number of aromatic nitrogens is 3. The smallest absolute Gasteiger partial charge is 0.358 e. The summed E-state index contributed by atoms with van der Waals surface area (Å²) in [4.78, 5) is 11.0. The quantitative estimate of drug-likeness (QED) is 0.842. The maximum Gasteiger partial charge on any atom is 0.358 e. The Kier molecular flexibility index (Phi) is 4.40. The van der Waals surface area contributed by atoms with Crippen molar-refractivity contribution >= 4 is 17.6 Å². The molecule has 11 heteroatoms. The Balaban J connectivity index is 2.52. The minimum Gasteiger partial charge on any atom is -0.476 e. The first-order valence-electron chi connectivity index (χ1n) is 5.74. The number of halogens is 5. The molecule has 0 amide bonds. The number of carbonyl (C=O) groups is 1. The van der Waals surface area contributed by atoms with Crippen molar-refractivity contribution in [2.24, 2.45) is 0 Å². The Hall–Kier alpha value is -2.10. The molecular formula is C11H8ClF4N3O3. The van der Waals surface area contributed by atoms with E-state index in [2.05, 4.69) is 14.8 Å². The van der Waals surface area contributed by atoms with Gasteiger partial charge in [0.1, 0.15) is 17.1 Å². The topological polar surface area (TPSA) is 81.1 Å². The van der Waals surface area contributed by atoms with Gasteiger partial charge in [0.05, 0.1) is 17.1 Å². The molecule has 0 fully saturated rings. The van der Waals surface area contributed by atoms with Crippen LogP contribution in [0.3, 0.4) is 0 Å². The number of hydrogen-bond acceptors (Lipinski definition) is 4. The highest BCUT2D eigenvalue weighted by Gasteiger charge is 2.29. The van der Waals surface area contributed by atoms with Crippen LogP contribution in [0.4, 0.5) is 17.6 Å². The molecule has 0 aliphatic carbocycles. The van der Waals surface area contributed by atoms with Gasteiger partial charge < -0.3 is 9.63 Å². The highest BCUT2D eigenvalue weighted by Crippen LogP contribution is 2.35. The van der Waals surface area contributed by atoms with E-state index in [1.807, 2.05) is 0 Å². The molecule has 0 aromatic carbocycles. The summed E-state index contributed by atoms with van der Waals surface area (Å²) in [6, 6.07) is 0. The van der Waals surface area contributed by atoms with E-state index in [9.17, 15) is 22.4 Å². The van der Waals surface area contributed by atoms with Gasteiger partial charge in [-0.1, -0.05) is 16.8 Å². The third kappa shape index (κ3) is 2.78. The van der Waals surface area contributed by atoms with Crippen molar-refractivity contribution in [2.75, 3.05) is 0 Å². The second-order valence-electron chi connectivity index (χ2n) is 4.21. The normalized spacial score (nSPS) is 11.6. The van der Waals surface area contributed by atoms with Gasteiger partial charge in [-0.3, -0.25) is 4.68 Å². The summed E-state index contributed by atoms with van der Waals surface area (Å²) >= 11 is 5.50. The van der Waals surface area contributed by atoms with Crippen LogP contribution >= 0.6 is 11.6 Å². The lowest BCUT2D eigenvalue weighted by atomic mass is 10.2. The zero-order valence-corrected chi connectivity index (χ0v) is 11.6. The molecule has 0 unspecified atom stereocenters. The Bertz CT molecular complexity index is 714. The van der Waals surface area contributed by atoms with Crippen molar-refractivity contribution < 1.29 is 32.0 Å². The fourth-order valence-electron chi connectivity index (χ4n) is 1.84. The standard InChI is InChI=1S/C11H8ClF4N3O3/c1-3-4(6(11(20)21)18-22-3)2-19-8(10(15)16)5(12)7(17-19)9(13)14/h9-10H,2H2,1H3,(H,20,21). The summed E-state index contributed by atoms with van der Waals surface area (Å²) in [5, 5.41) is 14.7. The molecule has 2 heterocycles. The van der Waals surface area contributed by atoms with Crippen molar-refractivity contribution in [2.45, 2.75) is 26.3 Å². The molecule has 2 aromatic rings. The number of carboxylic acids is 1. The number of alkyl halides is 4. The number of rotatable bonds is 5. The largest absolute Gasteiger partial charge is 0.476 e. The highest BCUT2D eigenvalue weighted by atomic mass is 35.5. The van der Waals surface area contributed by atoms with Gasteiger partial charge in [0.25, 0.3) is 12.9 Å². The third-order valence-corrected chi connectivity index (χ3v) is 3.25. The Morgan fingerprint density at radius 1 is 1.36 bits per heavy atom. The van der Waals surface area contributed by atoms with Crippen LogP contribution in [-0.4, -0.2) is 26.0 Å². The first-order chi connectivity index (χ1) is 10.2. The zero-order chi connectivity index (χ0) is 16.6. The van der Waals surface area contributed by atoms with Crippen LogP contribution in [0.25, 0.3) is 0 Å². The number of nitrogens with zero attached hydrogens (tertiary/aromatic N) is 3. The molecule has 0 spiro atoms. The molecule has 0 saturated heterocycles. The first kappa shape index (κ1) is 16.3. The Morgan fingerprint density at radius 2 is 2.00 bits per heavy atom. The zero-order valence-electron chi connectivity index (χ0n) is 10.9. The van der Waals surface area contributed by atoms with Gasteiger partial charge >= 0.3 is 5.97 Å².